The van der Waals surface area contributed by atoms with E-state index >= 15 is 0 Å². The molecule has 0 N–H and O–H groups in total. The highest BCUT2D eigenvalue weighted by molar-refractivity contribution is 6.30. The second-order valence-corrected chi connectivity index (χ2v) is 3.27. The Bertz CT molecular complexity index is 443. The summed E-state index contributed by atoms with van der Waals surface area (Å²) >= 11 is 5.75. The van der Waals surface area contributed by atoms with Gasteiger partial charge < -0.3 is 4.42 Å². The van der Waals surface area contributed by atoms with Gasteiger partial charge in [-0.15, -0.1) is 0 Å². The van der Waals surface area contributed by atoms with Gasteiger partial charge in [-0.05, 0) is 30.3 Å². The standard InChI is InChI=1S/C11H7ClO2/c12-10-3-1-8(2-4-10)11-9(7-13)5-6-14-11/h1-7H. The van der Waals surface area contributed by atoms with Crippen molar-refractivity contribution in [3.8, 4) is 11.3 Å². The van der Waals surface area contributed by atoms with Gasteiger partial charge in [0.25, 0.3) is 0 Å². The lowest BCUT2D eigenvalue weighted by Gasteiger charge is -1.97. The van der Waals surface area contributed by atoms with Gasteiger partial charge in [-0.2, -0.15) is 0 Å². The summed E-state index contributed by atoms with van der Waals surface area (Å²) in [4.78, 5) is 10.6. The first-order chi connectivity index (χ1) is 6.81. The van der Waals surface area contributed by atoms with Gasteiger partial charge in [0.05, 0.1) is 11.8 Å². The number of benzene rings is 1. The van der Waals surface area contributed by atoms with Crippen LogP contribution in [0, 0.1) is 0 Å². The van der Waals surface area contributed by atoms with Crippen LogP contribution in [0.25, 0.3) is 11.3 Å². The fourth-order valence-electron chi connectivity index (χ4n) is 1.25. The highest BCUT2D eigenvalue weighted by Gasteiger charge is 2.07. The van der Waals surface area contributed by atoms with E-state index in [-0.39, 0.29) is 0 Å². The zero-order valence-electron chi connectivity index (χ0n) is 7.24. The number of hydrogen-bond acceptors (Lipinski definition) is 2. The van der Waals surface area contributed by atoms with E-state index in [1.165, 1.54) is 6.26 Å². The Kier molecular flexibility index (Phi) is 2.37. The summed E-state index contributed by atoms with van der Waals surface area (Å²) in [7, 11) is 0. The van der Waals surface area contributed by atoms with E-state index in [0.717, 1.165) is 11.8 Å². The summed E-state index contributed by atoms with van der Waals surface area (Å²) in [5.74, 6) is 0.580. The van der Waals surface area contributed by atoms with Crippen molar-refractivity contribution < 1.29 is 9.21 Å². The van der Waals surface area contributed by atoms with Crippen LogP contribution < -0.4 is 0 Å². The van der Waals surface area contributed by atoms with Gasteiger partial charge in [0, 0.05) is 10.6 Å². The number of hydrogen-bond donors (Lipinski definition) is 0. The maximum Gasteiger partial charge on any atom is 0.153 e. The van der Waals surface area contributed by atoms with E-state index in [1.54, 1.807) is 18.2 Å². The number of carbonyl (C=O) groups excluding carboxylic acids is 1. The summed E-state index contributed by atoms with van der Waals surface area (Å²) in [6.07, 6.45) is 2.26. The lowest BCUT2D eigenvalue weighted by Crippen LogP contribution is -1.80. The summed E-state index contributed by atoms with van der Waals surface area (Å²) in [5.41, 5.74) is 1.40. The van der Waals surface area contributed by atoms with Crippen molar-refractivity contribution in [3.05, 3.63) is 47.2 Å². The topological polar surface area (TPSA) is 30.2 Å². The average Bonchev–Trinajstić information content (AvgIpc) is 2.67. The Morgan fingerprint density at radius 2 is 1.86 bits per heavy atom. The predicted octanol–water partition coefficient (Wildman–Crippen LogP) is 3.41. The van der Waals surface area contributed by atoms with Crippen LogP contribution >= 0.6 is 11.6 Å². The molecule has 70 valence electrons. The normalized spacial score (nSPS) is 10.1. The molecule has 0 atom stereocenters. The SMILES string of the molecule is O=Cc1ccoc1-c1ccc(Cl)cc1. The van der Waals surface area contributed by atoms with Crippen molar-refractivity contribution in [2.75, 3.05) is 0 Å². The molecule has 1 aromatic carbocycles. The molecular weight excluding hydrogens is 200 g/mol. The van der Waals surface area contributed by atoms with Crippen LogP contribution in [-0.4, -0.2) is 6.29 Å². The molecule has 0 amide bonds. The third kappa shape index (κ3) is 1.56. The molecule has 1 aromatic heterocycles. The highest BCUT2D eigenvalue weighted by atomic mass is 35.5. The van der Waals surface area contributed by atoms with Crippen molar-refractivity contribution in [3.63, 3.8) is 0 Å². The van der Waals surface area contributed by atoms with Gasteiger partial charge >= 0.3 is 0 Å². The van der Waals surface area contributed by atoms with Crippen LogP contribution in [-0.2, 0) is 0 Å². The summed E-state index contributed by atoms with van der Waals surface area (Å²) < 4.78 is 5.21. The van der Waals surface area contributed by atoms with Gasteiger partial charge in [0.1, 0.15) is 5.76 Å². The molecule has 2 nitrogen and oxygen atoms in total. The fourth-order valence-corrected chi connectivity index (χ4v) is 1.37. The maximum absolute atomic E-state index is 10.6. The molecule has 0 bridgehead atoms. The van der Waals surface area contributed by atoms with Crippen LogP contribution in [0.2, 0.25) is 5.02 Å². The first-order valence-corrected chi connectivity index (χ1v) is 4.47. The second kappa shape index (κ2) is 3.68. The minimum atomic E-state index is 0.548. The maximum atomic E-state index is 10.6. The van der Waals surface area contributed by atoms with Gasteiger partial charge in [-0.25, -0.2) is 0 Å². The van der Waals surface area contributed by atoms with E-state index in [9.17, 15) is 4.79 Å². The molecule has 0 aliphatic rings. The Hall–Kier alpha value is -1.54. The molecule has 0 radical (unpaired) electrons. The highest BCUT2D eigenvalue weighted by Crippen LogP contribution is 2.24. The molecule has 0 unspecified atom stereocenters. The number of halogens is 1. The van der Waals surface area contributed by atoms with E-state index in [2.05, 4.69) is 0 Å². The van der Waals surface area contributed by atoms with E-state index in [1.807, 2.05) is 12.1 Å². The minimum Gasteiger partial charge on any atom is -0.464 e. The third-order valence-electron chi connectivity index (χ3n) is 1.93. The number of aldehydes is 1. The predicted molar refractivity (Wildman–Crippen MR) is 54.5 cm³/mol. The van der Waals surface area contributed by atoms with E-state index in [0.29, 0.717) is 16.3 Å². The molecule has 0 saturated carbocycles. The lowest BCUT2D eigenvalue weighted by molar-refractivity contribution is 0.112. The Morgan fingerprint density at radius 1 is 1.14 bits per heavy atom. The number of furan rings is 1. The van der Waals surface area contributed by atoms with Gasteiger partial charge in [0.2, 0.25) is 0 Å². The Labute approximate surface area is 86.1 Å². The quantitative estimate of drug-likeness (QED) is 0.705. The lowest BCUT2D eigenvalue weighted by atomic mass is 10.1. The molecule has 0 spiro atoms. The fraction of sp³-hybridized carbons (Fsp3) is 0. The summed E-state index contributed by atoms with van der Waals surface area (Å²) in [6, 6.07) is 8.78. The number of carbonyl (C=O) groups is 1. The molecule has 0 aliphatic heterocycles. The molecule has 14 heavy (non-hydrogen) atoms. The van der Waals surface area contributed by atoms with Crippen molar-refractivity contribution >= 4 is 17.9 Å². The van der Waals surface area contributed by atoms with Gasteiger partial charge in [-0.1, -0.05) is 11.6 Å². The largest absolute Gasteiger partial charge is 0.464 e. The molecule has 2 aromatic rings. The molecule has 3 heteroatoms. The third-order valence-corrected chi connectivity index (χ3v) is 2.18. The van der Waals surface area contributed by atoms with Crippen molar-refractivity contribution in [2.45, 2.75) is 0 Å². The molecule has 0 fully saturated rings. The molecule has 0 saturated heterocycles. The Balaban J connectivity index is 2.49. The smallest absolute Gasteiger partial charge is 0.153 e. The molecule has 0 aliphatic carbocycles. The van der Waals surface area contributed by atoms with Crippen molar-refractivity contribution in [1.82, 2.24) is 0 Å². The van der Waals surface area contributed by atoms with Crippen LogP contribution in [0.4, 0.5) is 0 Å². The van der Waals surface area contributed by atoms with E-state index < -0.39 is 0 Å². The van der Waals surface area contributed by atoms with Gasteiger partial charge in [-0.3, -0.25) is 4.79 Å². The molecular formula is C11H7ClO2. The van der Waals surface area contributed by atoms with Crippen LogP contribution in [0.5, 0.6) is 0 Å². The second-order valence-electron chi connectivity index (χ2n) is 2.83. The van der Waals surface area contributed by atoms with Crippen LogP contribution in [0.3, 0.4) is 0 Å². The summed E-state index contributed by atoms with van der Waals surface area (Å²) in [6.45, 7) is 0. The zero-order chi connectivity index (χ0) is 9.97. The number of rotatable bonds is 2. The first-order valence-electron chi connectivity index (χ1n) is 4.10. The van der Waals surface area contributed by atoms with Crippen molar-refractivity contribution in [2.24, 2.45) is 0 Å². The van der Waals surface area contributed by atoms with Crippen molar-refractivity contribution in [1.29, 1.82) is 0 Å². The Morgan fingerprint density at radius 3 is 2.50 bits per heavy atom. The molecule has 1 heterocycles. The summed E-state index contributed by atoms with van der Waals surface area (Å²) in [5, 5.41) is 0.660. The first kappa shape index (κ1) is 9.03. The van der Waals surface area contributed by atoms with Crippen LogP contribution in [0.15, 0.2) is 41.0 Å². The monoisotopic (exact) mass is 206 g/mol. The molecule has 2 rings (SSSR count). The van der Waals surface area contributed by atoms with Gasteiger partial charge in [0.15, 0.2) is 6.29 Å². The minimum absolute atomic E-state index is 0.548. The zero-order valence-corrected chi connectivity index (χ0v) is 7.99. The average molecular weight is 207 g/mol. The van der Waals surface area contributed by atoms with Crippen LogP contribution in [0.1, 0.15) is 10.4 Å². The van der Waals surface area contributed by atoms with E-state index in [4.69, 9.17) is 16.0 Å².